The number of hydrogen-bond acceptors (Lipinski definition) is 7. The van der Waals surface area contributed by atoms with E-state index in [4.69, 9.17) is 4.74 Å². The van der Waals surface area contributed by atoms with Crippen LogP contribution in [0.4, 0.5) is 18.0 Å². The van der Waals surface area contributed by atoms with E-state index in [1.807, 2.05) is 0 Å². The van der Waals surface area contributed by atoms with Crippen LogP contribution in [0.25, 0.3) is 5.65 Å². The highest BCUT2D eigenvalue weighted by molar-refractivity contribution is 6.13. The van der Waals surface area contributed by atoms with Crippen molar-refractivity contribution in [1.29, 1.82) is 0 Å². The van der Waals surface area contributed by atoms with Crippen molar-refractivity contribution in [2.24, 2.45) is 4.99 Å². The molecule has 39 heavy (non-hydrogen) atoms. The Morgan fingerprint density at radius 1 is 1.18 bits per heavy atom. The number of nitrogens with one attached hydrogen (secondary N) is 2. The number of aromatic amines is 1. The molecular weight excluding hydrogens is 519 g/mol. The van der Waals surface area contributed by atoms with Crippen LogP contribution in [0.1, 0.15) is 66.8 Å². The Hall–Kier alpha value is -4.23. The van der Waals surface area contributed by atoms with Crippen LogP contribution in [0, 0.1) is 0 Å². The molecular formula is C25H28F3N7O4. The number of carbonyl (C=O) groups is 2. The van der Waals surface area contributed by atoms with E-state index in [1.165, 1.54) is 23.8 Å². The van der Waals surface area contributed by atoms with Gasteiger partial charge >= 0.3 is 12.3 Å². The van der Waals surface area contributed by atoms with Gasteiger partial charge in [-0.1, -0.05) is 0 Å². The zero-order valence-corrected chi connectivity index (χ0v) is 21.8. The summed E-state index contributed by atoms with van der Waals surface area (Å²) in [5, 5.41) is 6.75. The van der Waals surface area contributed by atoms with Gasteiger partial charge in [-0.25, -0.2) is 9.31 Å². The lowest BCUT2D eigenvalue weighted by Crippen LogP contribution is -2.41. The Labute approximate surface area is 221 Å². The summed E-state index contributed by atoms with van der Waals surface area (Å²) in [5.74, 6) is -1.04. The lowest BCUT2D eigenvalue weighted by atomic mass is 9.93. The summed E-state index contributed by atoms with van der Waals surface area (Å²) >= 11 is 0. The fraction of sp³-hybridized carbons (Fsp3) is 0.440. The second-order valence-corrected chi connectivity index (χ2v) is 10.1. The SMILES string of the molecule is CN=C(NC(=O)c1cnn2c(C3CCN(C(=O)OC(C)(C)C)CC3)cc(=O)[nH]c12)c1cc(C(F)(F)F)ccn1. The van der Waals surface area contributed by atoms with Gasteiger partial charge in [0.25, 0.3) is 11.5 Å². The largest absolute Gasteiger partial charge is 0.444 e. The highest BCUT2D eigenvalue weighted by Gasteiger charge is 2.32. The summed E-state index contributed by atoms with van der Waals surface area (Å²) in [6, 6.07) is 3.00. The quantitative estimate of drug-likeness (QED) is 0.382. The molecule has 0 bridgehead atoms. The number of H-pyrrole nitrogens is 1. The number of piperidine rings is 1. The van der Waals surface area contributed by atoms with Crippen LogP contribution in [0.5, 0.6) is 0 Å². The third-order valence-electron chi connectivity index (χ3n) is 6.13. The maximum atomic E-state index is 13.1. The minimum Gasteiger partial charge on any atom is -0.444 e. The van der Waals surface area contributed by atoms with E-state index in [1.54, 1.807) is 25.7 Å². The number of carbonyl (C=O) groups excluding carboxylic acids is 2. The normalized spacial score (nSPS) is 15.5. The number of likely N-dealkylation sites (tertiary alicyclic amines) is 1. The number of ether oxygens (including phenoxy) is 1. The number of nitrogens with zero attached hydrogens (tertiary/aromatic N) is 5. The predicted octanol–water partition coefficient (Wildman–Crippen LogP) is 3.36. The molecule has 2 amide bonds. The maximum absolute atomic E-state index is 13.1. The van der Waals surface area contributed by atoms with E-state index in [2.05, 4.69) is 25.4 Å². The summed E-state index contributed by atoms with van der Waals surface area (Å²) in [6.45, 7) is 6.22. The Bertz CT molecular complexity index is 1480. The van der Waals surface area contributed by atoms with Crippen molar-refractivity contribution >= 4 is 23.5 Å². The summed E-state index contributed by atoms with van der Waals surface area (Å²) in [4.78, 5) is 50.0. The van der Waals surface area contributed by atoms with Gasteiger partial charge in [-0.2, -0.15) is 18.3 Å². The van der Waals surface area contributed by atoms with Crippen LogP contribution in [0.3, 0.4) is 0 Å². The van der Waals surface area contributed by atoms with Gasteiger partial charge in [0.2, 0.25) is 0 Å². The number of pyridine rings is 1. The van der Waals surface area contributed by atoms with E-state index < -0.39 is 34.9 Å². The Balaban J connectivity index is 1.55. The first-order chi connectivity index (χ1) is 18.3. The average Bonchev–Trinajstić information content (AvgIpc) is 3.29. The summed E-state index contributed by atoms with van der Waals surface area (Å²) in [5.41, 5.74) is -1.50. The maximum Gasteiger partial charge on any atom is 0.416 e. The standard InChI is InChI=1S/C25H28F3N7O4/c1-24(2,3)39-23(38)34-9-6-14(7-10-34)18-12-19(36)32-21-16(13-31-35(18)21)22(37)33-20(29-4)17-11-15(5-8-30-17)25(26,27)28/h5,8,11-14H,6-7,9-10H2,1-4H3,(H,32,36)(H,29,33,37). The smallest absolute Gasteiger partial charge is 0.416 e. The van der Waals surface area contributed by atoms with Gasteiger partial charge in [-0.3, -0.25) is 19.6 Å². The van der Waals surface area contributed by atoms with Gasteiger partial charge in [0.15, 0.2) is 5.84 Å². The average molecular weight is 548 g/mol. The highest BCUT2D eigenvalue weighted by Crippen LogP contribution is 2.30. The van der Waals surface area contributed by atoms with Gasteiger partial charge in [-0.05, 0) is 45.7 Å². The van der Waals surface area contributed by atoms with Gasteiger partial charge in [-0.15, -0.1) is 0 Å². The molecule has 0 radical (unpaired) electrons. The first kappa shape index (κ1) is 27.8. The van der Waals surface area contributed by atoms with Gasteiger partial charge in [0.1, 0.15) is 22.5 Å². The zero-order chi connectivity index (χ0) is 28.5. The van der Waals surface area contributed by atoms with Crippen molar-refractivity contribution in [3.63, 3.8) is 0 Å². The Morgan fingerprint density at radius 3 is 2.49 bits per heavy atom. The first-order valence-electron chi connectivity index (χ1n) is 12.2. The highest BCUT2D eigenvalue weighted by atomic mass is 19.4. The van der Waals surface area contributed by atoms with Crippen LogP contribution in [-0.2, 0) is 10.9 Å². The lowest BCUT2D eigenvalue weighted by molar-refractivity contribution is -0.137. The second-order valence-electron chi connectivity index (χ2n) is 10.1. The van der Waals surface area contributed by atoms with E-state index in [9.17, 15) is 27.6 Å². The number of aliphatic imine (C=N–C) groups is 1. The molecule has 0 aliphatic carbocycles. The summed E-state index contributed by atoms with van der Waals surface area (Å²) < 4.78 is 46.3. The molecule has 3 aromatic heterocycles. The van der Waals surface area contributed by atoms with Gasteiger partial charge in [0.05, 0.1) is 17.5 Å². The fourth-order valence-electron chi connectivity index (χ4n) is 4.30. The second kappa shape index (κ2) is 10.5. The van der Waals surface area contributed by atoms with Crippen molar-refractivity contribution in [3.05, 3.63) is 63.5 Å². The minimum atomic E-state index is -4.60. The predicted molar refractivity (Wildman–Crippen MR) is 135 cm³/mol. The molecule has 2 N–H and O–H groups in total. The van der Waals surface area contributed by atoms with Gasteiger partial charge < -0.3 is 19.9 Å². The van der Waals surface area contributed by atoms with Crippen molar-refractivity contribution in [2.75, 3.05) is 20.1 Å². The third-order valence-corrected chi connectivity index (χ3v) is 6.13. The van der Waals surface area contributed by atoms with E-state index >= 15 is 0 Å². The van der Waals surface area contributed by atoms with Crippen LogP contribution in [0.15, 0.2) is 40.4 Å². The molecule has 0 spiro atoms. The molecule has 1 aliphatic rings. The molecule has 4 rings (SSSR count). The number of aromatic nitrogens is 4. The third kappa shape index (κ3) is 6.26. The fourth-order valence-corrected chi connectivity index (χ4v) is 4.30. The molecule has 1 fully saturated rings. The number of fused-ring (bicyclic) bond motifs is 1. The molecule has 0 atom stereocenters. The lowest BCUT2D eigenvalue weighted by Gasteiger charge is -2.33. The van der Waals surface area contributed by atoms with Gasteiger partial charge in [0, 0.05) is 38.3 Å². The van der Waals surface area contributed by atoms with Crippen molar-refractivity contribution in [1.82, 2.24) is 29.8 Å². The van der Waals surface area contributed by atoms with E-state index in [0.717, 1.165) is 18.3 Å². The number of rotatable bonds is 3. The number of halogens is 3. The van der Waals surface area contributed by atoms with Crippen LogP contribution >= 0.6 is 0 Å². The monoisotopic (exact) mass is 547 g/mol. The molecule has 14 heteroatoms. The molecule has 4 heterocycles. The minimum absolute atomic E-state index is 0.00623. The van der Waals surface area contributed by atoms with Crippen LogP contribution < -0.4 is 10.9 Å². The Kier molecular flexibility index (Phi) is 7.48. The molecule has 208 valence electrons. The molecule has 1 saturated heterocycles. The number of amides is 2. The number of alkyl halides is 3. The Morgan fingerprint density at radius 2 is 1.87 bits per heavy atom. The summed E-state index contributed by atoms with van der Waals surface area (Å²) in [6.07, 6.45) is -1.67. The van der Waals surface area contributed by atoms with E-state index in [-0.39, 0.29) is 28.7 Å². The van der Waals surface area contributed by atoms with Crippen molar-refractivity contribution in [2.45, 2.75) is 51.3 Å². The molecule has 11 nitrogen and oxygen atoms in total. The van der Waals surface area contributed by atoms with E-state index in [0.29, 0.717) is 31.6 Å². The number of hydrogen-bond donors (Lipinski definition) is 2. The molecule has 1 aliphatic heterocycles. The number of amidine groups is 1. The van der Waals surface area contributed by atoms with Crippen LogP contribution in [-0.4, -0.2) is 68.1 Å². The van der Waals surface area contributed by atoms with Crippen molar-refractivity contribution in [3.8, 4) is 0 Å². The zero-order valence-electron chi connectivity index (χ0n) is 21.8. The topological polar surface area (TPSA) is 134 Å². The summed E-state index contributed by atoms with van der Waals surface area (Å²) in [7, 11) is 1.30. The molecule has 0 unspecified atom stereocenters. The molecule has 0 aromatic carbocycles. The first-order valence-corrected chi connectivity index (χ1v) is 12.2. The van der Waals surface area contributed by atoms with Crippen molar-refractivity contribution < 1.29 is 27.5 Å². The molecule has 0 saturated carbocycles. The van der Waals surface area contributed by atoms with Crippen LogP contribution in [0.2, 0.25) is 0 Å². The molecule has 3 aromatic rings.